The number of aromatic nitrogens is 2. The van der Waals surface area contributed by atoms with Gasteiger partial charge in [0.15, 0.2) is 0 Å². The summed E-state index contributed by atoms with van der Waals surface area (Å²) in [5.41, 5.74) is 2.43. The molecule has 1 amide bonds. The van der Waals surface area contributed by atoms with Gasteiger partial charge in [-0.15, -0.1) is 0 Å². The maximum Gasteiger partial charge on any atom is 0.223 e. The summed E-state index contributed by atoms with van der Waals surface area (Å²) in [5.74, 6) is 0.496. The molecule has 7 heteroatoms. The molecule has 3 aromatic rings. The molecule has 140 valence electrons. The number of benzene rings is 2. The summed E-state index contributed by atoms with van der Waals surface area (Å²) in [5, 5.41) is 2.87. The van der Waals surface area contributed by atoms with Crippen molar-refractivity contribution in [2.24, 2.45) is 5.92 Å². The molecule has 0 unspecified atom stereocenters. The Labute approximate surface area is 165 Å². The van der Waals surface area contributed by atoms with Gasteiger partial charge < -0.3 is 15.2 Å². The van der Waals surface area contributed by atoms with E-state index < -0.39 is 0 Å². The Bertz CT molecular complexity index is 966. The zero-order valence-electron chi connectivity index (χ0n) is 14.7. The van der Waals surface area contributed by atoms with Crippen LogP contribution in [-0.2, 0) is 11.3 Å². The van der Waals surface area contributed by atoms with Crippen LogP contribution in [0.5, 0.6) is 0 Å². The molecule has 2 aromatic carbocycles. The molecule has 2 heterocycles. The van der Waals surface area contributed by atoms with Gasteiger partial charge in [0, 0.05) is 35.6 Å². The van der Waals surface area contributed by atoms with E-state index >= 15 is 0 Å². The molecule has 1 aromatic heterocycles. The zero-order chi connectivity index (χ0) is 18.8. The second-order valence-electron chi connectivity index (χ2n) is 6.79. The van der Waals surface area contributed by atoms with Crippen molar-refractivity contribution in [3.8, 4) is 0 Å². The Morgan fingerprint density at radius 2 is 2.04 bits per heavy atom. The highest BCUT2D eigenvalue weighted by atomic mass is 79.9. The summed E-state index contributed by atoms with van der Waals surface area (Å²) in [4.78, 5) is 22.6. The monoisotopic (exact) mass is 430 g/mol. The fourth-order valence-electron chi connectivity index (χ4n) is 3.44. The Kier molecular flexibility index (Phi) is 5.11. The number of aromatic amines is 1. The fraction of sp³-hybridized carbons (Fsp3) is 0.300. The van der Waals surface area contributed by atoms with Crippen LogP contribution in [0.2, 0.25) is 0 Å². The molecule has 5 nitrogen and oxygen atoms in total. The van der Waals surface area contributed by atoms with Crippen LogP contribution in [0.25, 0.3) is 11.0 Å². The van der Waals surface area contributed by atoms with Gasteiger partial charge >= 0.3 is 0 Å². The van der Waals surface area contributed by atoms with Gasteiger partial charge in [-0.1, -0.05) is 34.1 Å². The van der Waals surface area contributed by atoms with Crippen LogP contribution in [0.4, 0.5) is 10.3 Å². The van der Waals surface area contributed by atoms with Gasteiger partial charge in [-0.05, 0) is 37.1 Å². The van der Waals surface area contributed by atoms with E-state index in [2.05, 4.69) is 36.1 Å². The lowest BCUT2D eigenvalue weighted by molar-refractivity contribution is -0.125. The van der Waals surface area contributed by atoms with E-state index in [4.69, 9.17) is 0 Å². The van der Waals surface area contributed by atoms with Crippen molar-refractivity contribution in [2.45, 2.75) is 19.4 Å². The first-order chi connectivity index (χ1) is 13.1. The number of fused-ring (bicyclic) bond motifs is 1. The largest absolute Gasteiger partial charge is 0.352 e. The molecular weight excluding hydrogens is 411 g/mol. The van der Waals surface area contributed by atoms with Crippen molar-refractivity contribution < 1.29 is 9.18 Å². The predicted octanol–water partition coefficient (Wildman–Crippen LogP) is 4.00. The second-order valence-corrected chi connectivity index (χ2v) is 7.71. The summed E-state index contributed by atoms with van der Waals surface area (Å²) in [7, 11) is 0. The second kappa shape index (κ2) is 7.68. The van der Waals surface area contributed by atoms with Crippen molar-refractivity contribution in [1.82, 2.24) is 15.3 Å². The number of carbonyl (C=O) groups is 1. The summed E-state index contributed by atoms with van der Waals surface area (Å²) < 4.78 is 14.7. The van der Waals surface area contributed by atoms with E-state index in [0.29, 0.717) is 5.56 Å². The number of imidazole rings is 1. The zero-order valence-corrected chi connectivity index (χ0v) is 16.3. The van der Waals surface area contributed by atoms with Gasteiger partial charge in [0.1, 0.15) is 5.82 Å². The van der Waals surface area contributed by atoms with Crippen molar-refractivity contribution in [1.29, 1.82) is 0 Å². The van der Waals surface area contributed by atoms with E-state index in [1.165, 1.54) is 6.07 Å². The van der Waals surface area contributed by atoms with Crippen LogP contribution < -0.4 is 10.2 Å². The van der Waals surface area contributed by atoms with Gasteiger partial charge in [0.05, 0.1) is 11.0 Å². The van der Waals surface area contributed by atoms with Gasteiger partial charge in [0.25, 0.3) is 0 Å². The number of hydrogen-bond acceptors (Lipinski definition) is 3. The summed E-state index contributed by atoms with van der Waals surface area (Å²) in [6.07, 6.45) is 1.51. The maximum atomic E-state index is 13.7. The summed E-state index contributed by atoms with van der Waals surface area (Å²) in [6, 6.07) is 12.5. The number of nitrogens with one attached hydrogen (secondary N) is 2. The summed E-state index contributed by atoms with van der Waals surface area (Å²) >= 11 is 3.47. The third-order valence-corrected chi connectivity index (χ3v) is 5.50. The third-order valence-electron chi connectivity index (χ3n) is 5.01. The Morgan fingerprint density at radius 3 is 2.81 bits per heavy atom. The molecule has 0 bridgehead atoms. The molecule has 1 fully saturated rings. The molecule has 1 aliphatic heterocycles. The van der Waals surface area contributed by atoms with E-state index in [9.17, 15) is 9.18 Å². The van der Waals surface area contributed by atoms with Crippen LogP contribution >= 0.6 is 15.9 Å². The lowest BCUT2D eigenvalue weighted by atomic mass is 9.96. The first-order valence-corrected chi connectivity index (χ1v) is 9.81. The van der Waals surface area contributed by atoms with E-state index in [0.717, 1.165) is 47.4 Å². The van der Waals surface area contributed by atoms with Gasteiger partial charge in [-0.25, -0.2) is 9.37 Å². The number of amides is 1. The van der Waals surface area contributed by atoms with E-state index in [-0.39, 0.29) is 24.2 Å². The average molecular weight is 431 g/mol. The van der Waals surface area contributed by atoms with Crippen LogP contribution in [0.15, 0.2) is 46.9 Å². The number of nitrogens with zero attached hydrogens (tertiary/aromatic N) is 2. The molecule has 0 radical (unpaired) electrons. The number of piperidine rings is 1. The van der Waals surface area contributed by atoms with E-state index in [1.807, 2.05) is 18.2 Å². The highest BCUT2D eigenvalue weighted by molar-refractivity contribution is 9.10. The molecule has 0 aliphatic carbocycles. The van der Waals surface area contributed by atoms with Crippen molar-refractivity contribution in [2.75, 3.05) is 18.0 Å². The van der Waals surface area contributed by atoms with Gasteiger partial charge in [-0.3, -0.25) is 4.79 Å². The van der Waals surface area contributed by atoms with Crippen molar-refractivity contribution in [3.05, 3.63) is 58.3 Å². The third kappa shape index (κ3) is 3.98. The lowest BCUT2D eigenvalue weighted by Gasteiger charge is -2.31. The lowest BCUT2D eigenvalue weighted by Crippen LogP contribution is -2.40. The van der Waals surface area contributed by atoms with Crippen LogP contribution in [0.1, 0.15) is 18.4 Å². The highest BCUT2D eigenvalue weighted by Crippen LogP contribution is 2.25. The van der Waals surface area contributed by atoms with Crippen molar-refractivity contribution >= 4 is 38.8 Å². The predicted molar refractivity (Wildman–Crippen MR) is 107 cm³/mol. The van der Waals surface area contributed by atoms with Crippen LogP contribution in [0, 0.1) is 11.7 Å². The van der Waals surface area contributed by atoms with Crippen LogP contribution in [0.3, 0.4) is 0 Å². The van der Waals surface area contributed by atoms with Gasteiger partial charge in [-0.2, -0.15) is 0 Å². The SMILES string of the molecule is O=C(NCc1ccccc1F)C1CCN(c2nc3ccc(Br)cc3[nH]2)CC1. The van der Waals surface area contributed by atoms with E-state index in [1.54, 1.807) is 18.2 Å². The molecule has 1 aliphatic rings. The molecule has 27 heavy (non-hydrogen) atoms. The number of rotatable bonds is 4. The smallest absolute Gasteiger partial charge is 0.223 e. The Morgan fingerprint density at radius 1 is 1.26 bits per heavy atom. The number of carbonyl (C=O) groups excluding carboxylic acids is 1. The number of halogens is 2. The first-order valence-electron chi connectivity index (χ1n) is 9.01. The first kappa shape index (κ1) is 18.0. The molecule has 0 spiro atoms. The topological polar surface area (TPSA) is 61.0 Å². The minimum Gasteiger partial charge on any atom is -0.352 e. The number of anilines is 1. The quantitative estimate of drug-likeness (QED) is 0.657. The standard InChI is InChI=1S/C20H20BrFN4O/c21-15-5-6-17-18(11-15)25-20(24-17)26-9-7-13(8-10-26)19(27)23-12-14-3-1-2-4-16(14)22/h1-6,11,13H,7-10,12H2,(H,23,27)(H,24,25). The maximum absolute atomic E-state index is 13.7. The minimum atomic E-state index is -0.288. The molecule has 1 saturated heterocycles. The molecule has 2 N–H and O–H groups in total. The number of H-pyrrole nitrogens is 1. The van der Waals surface area contributed by atoms with Crippen LogP contribution in [-0.4, -0.2) is 29.0 Å². The Hall–Kier alpha value is -2.41. The highest BCUT2D eigenvalue weighted by Gasteiger charge is 2.26. The molecule has 0 saturated carbocycles. The summed E-state index contributed by atoms with van der Waals surface area (Å²) in [6.45, 7) is 1.75. The molecular formula is C20H20BrFN4O. The molecule has 4 rings (SSSR count). The average Bonchev–Trinajstić information content (AvgIpc) is 3.10. The van der Waals surface area contributed by atoms with Crippen molar-refractivity contribution in [3.63, 3.8) is 0 Å². The van der Waals surface area contributed by atoms with Gasteiger partial charge in [0.2, 0.25) is 11.9 Å². The molecule has 0 atom stereocenters. The Balaban J connectivity index is 1.34. The fourth-order valence-corrected chi connectivity index (χ4v) is 3.80. The minimum absolute atomic E-state index is 0.00793. The number of hydrogen-bond donors (Lipinski definition) is 2. The normalized spacial score (nSPS) is 15.3.